The van der Waals surface area contributed by atoms with Crippen LogP contribution in [0.3, 0.4) is 0 Å². The number of carbonyl (C=O) groups is 8. The fraction of sp³-hybridized carbons (Fsp3) is 0.451. The molecule has 3 aromatic carbocycles. The summed E-state index contributed by atoms with van der Waals surface area (Å²) in [7, 11) is -3.38. The number of nitrogens with one attached hydrogen (secondary N) is 4. The van der Waals surface area contributed by atoms with Gasteiger partial charge in [-0.25, -0.2) is 0 Å². The normalized spacial score (nSPS) is 18.5. The number of nitrogens with two attached hydrogens (primary N) is 1. The van der Waals surface area contributed by atoms with E-state index in [-0.39, 0.29) is 49.8 Å². The van der Waals surface area contributed by atoms with Crippen molar-refractivity contribution >= 4 is 68.5 Å². The van der Waals surface area contributed by atoms with E-state index in [0.717, 1.165) is 21.4 Å². The summed E-state index contributed by atoms with van der Waals surface area (Å²) in [5, 5.41) is 18.8. The third kappa shape index (κ3) is 14.7. The van der Waals surface area contributed by atoms with Crippen LogP contribution in [0.2, 0.25) is 0 Å². The number of primary amides is 1. The molecular weight excluding hydrogens is 965 g/mol. The van der Waals surface area contributed by atoms with Gasteiger partial charge in [-0.1, -0.05) is 74.0 Å². The molecule has 2 aliphatic rings. The third-order valence-corrected chi connectivity index (χ3v) is 14.0. The minimum absolute atomic E-state index is 0.0306. The van der Waals surface area contributed by atoms with Crippen molar-refractivity contribution in [1.29, 1.82) is 0 Å². The molecule has 6 rings (SSSR count). The largest absolute Gasteiger partial charge is 0.481 e. The molecule has 1 aromatic heterocycles. The number of benzene rings is 3. The zero-order chi connectivity index (χ0) is 53.0. The highest BCUT2D eigenvalue weighted by Gasteiger charge is 2.46. The van der Waals surface area contributed by atoms with E-state index in [1.165, 1.54) is 24.1 Å². The molecular formula is C51H64N8O13S. The molecule has 21 nitrogen and oxygen atoms in total. The minimum atomic E-state index is -4.70. The molecule has 3 heterocycles. The van der Waals surface area contributed by atoms with Crippen molar-refractivity contribution in [2.75, 3.05) is 26.7 Å². The van der Waals surface area contributed by atoms with Gasteiger partial charge in [0, 0.05) is 56.5 Å². The number of likely N-dealkylation sites (N-methyl/N-ethyl adjacent to an activating group) is 1. The highest BCUT2D eigenvalue weighted by Crippen LogP contribution is 2.33. The summed E-state index contributed by atoms with van der Waals surface area (Å²) < 4.78 is 35.4. The lowest BCUT2D eigenvalue weighted by atomic mass is 9.87. The van der Waals surface area contributed by atoms with Gasteiger partial charge in [-0.05, 0) is 79.8 Å². The molecule has 392 valence electrons. The van der Waals surface area contributed by atoms with Crippen LogP contribution >= 0.6 is 0 Å². The molecule has 4 aromatic rings. The SMILES string of the molecule is CCCC1CCN([C@@H](C)C(=O)N[C@@H](CC(=O)O)C(=O)N(C)[C@@H](Cc2ccccc2)C(N)=O)[C@H]1C(=O)[C@H](Cc1c[nH]c2ccccc12)NC(=O)CNC(=O)[C@@H]1CCCN1C(=O)CCc1ccc(OS(=O)(=O)O)cc1. The van der Waals surface area contributed by atoms with Crippen molar-refractivity contribution in [2.45, 2.75) is 114 Å². The molecule has 0 aliphatic carbocycles. The van der Waals surface area contributed by atoms with E-state index in [2.05, 4.69) is 25.1 Å². The van der Waals surface area contributed by atoms with E-state index in [1.54, 1.807) is 60.5 Å². The Morgan fingerprint density at radius 3 is 2.26 bits per heavy atom. The first-order valence-electron chi connectivity index (χ1n) is 24.3. The zero-order valence-electron chi connectivity index (χ0n) is 41.0. The Morgan fingerprint density at radius 1 is 0.890 bits per heavy atom. The van der Waals surface area contributed by atoms with Gasteiger partial charge >= 0.3 is 16.4 Å². The Bertz CT molecular complexity index is 2750. The first-order valence-corrected chi connectivity index (χ1v) is 25.7. The lowest BCUT2D eigenvalue weighted by molar-refractivity contribution is -0.146. The van der Waals surface area contributed by atoms with Crippen LogP contribution in [0.4, 0.5) is 0 Å². The van der Waals surface area contributed by atoms with E-state index < -0.39 is 101 Å². The van der Waals surface area contributed by atoms with Crippen LogP contribution < -0.4 is 25.9 Å². The highest BCUT2D eigenvalue weighted by molar-refractivity contribution is 7.81. The summed E-state index contributed by atoms with van der Waals surface area (Å²) in [5.41, 5.74) is 8.63. The van der Waals surface area contributed by atoms with Gasteiger partial charge in [-0.15, -0.1) is 0 Å². The smallest absolute Gasteiger partial charge is 0.446 e. The summed E-state index contributed by atoms with van der Waals surface area (Å²) in [6.07, 6.45) is 4.04. The number of amides is 6. The summed E-state index contributed by atoms with van der Waals surface area (Å²) >= 11 is 0. The van der Waals surface area contributed by atoms with E-state index in [9.17, 15) is 47.1 Å². The Kier molecular flexibility index (Phi) is 18.9. The Balaban J connectivity index is 1.15. The molecule has 8 N–H and O–H groups in total. The number of H-pyrrole nitrogens is 1. The quantitative estimate of drug-likeness (QED) is 0.0468. The molecule has 2 aliphatic heterocycles. The number of carboxylic acids is 1. The van der Waals surface area contributed by atoms with Crippen LogP contribution in [0.15, 0.2) is 85.1 Å². The van der Waals surface area contributed by atoms with Gasteiger partial charge in [0.25, 0.3) is 0 Å². The highest BCUT2D eigenvalue weighted by atomic mass is 32.3. The number of nitrogens with zero attached hydrogens (tertiary/aromatic N) is 3. The van der Waals surface area contributed by atoms with E-state index in [1.807, 2.05) is 31.2 Å². The Morgan fingerprint density at radius 2 is 1.59 bits per heavy atom. The number of ketones is 1. The average molecular weight is 1030 g/mol. The summed E-state index contributed by atoms with van der Waals surface area (Å²) in [4.78, 5) is 116. The number of aliphatic carboxylic acids is 1. The second-order valence-corrected chi connectivity index (χ2v) is 19.6. The van der Waals surface area contributed by atoms with Crippen LogP contribution in [0.5, 0.6) is 5.75 Å². The minimum Gasteiger partial charge on any atom is -0.481 e. The van der Waals surface area contributed by atoms with Gasteiger partial charge < -0.3 is 45.8 Å². The summed E-state index contributed by atoms with van der Waals surface area (Å²) in [6.45, 7) is 3.60. The second-order valence-electron chi connectivity index (χ2n) is 18.6. The van der Waals surface area contributed by atoms with Crippen molar-refractivity contribution in [3.05, 3.63) is 102 Å². The number of carbonyl (C=O) groups excluding carboxylic acids is 7. The van der Waals surface area contributed by atoms with Crippen LogP contribution in [-0.4, -0.2) is 148 Å². The second kappa shape index (κ2) is 25.0. The molecule has 2 saturated heterocycles. The van der Waals surface area contributed by atoms with Crippen molar-refractivity contribution in [2.24, 2.45) is 11.7 Å². The number of hydrogen-bond acceptors (Lipinski definition) is 12. The van der Waals surface area contributed by atoms with Crippen molar-refractivity contribution in [3.63, 3.8) is 0 Å². The maximum atomic E-state index is 15.2. The molecule has 2 fully saturated rings. The molecule has 1 unspecified atom stereocenters. The van der Waals surface area contributed by atoms with Crippen LogP contribution in [0, 0.1) is 5.92 Å². The monoisotopic (exact) mass is 1030 g/mol. The summed E-state index contributed by atoms with van der Waals surface area (Å²) in [5.74, 6) is -6.07. The molecule has 0 spiro atoms. The van der Waals surface area contributed by atoms with Crippen LogP contribution in [-0.2, 0) is 68.0 Å². The van der Waals surface area contributed by atoms with Gasteiger partial charge in [0.1, 0.15) is 23.9 Å². The topological polar surface area (TPSA) is 308 Å². The number of aryl methyl sites for hydroxylation is 1. The number of Topliss-reactive ketones (excluding diaryl/α,β-unsaturated/α-hetero) is 1. The molecule has 7 atom stereocenters. The van der Waals surface area contributed by atoms with Gasteiger partial charge in [0.05, 0.1) is 31.1 Å². The van der Waals surface area contributed by atoms with E-state index in [0.29, 0.717) is 49.8 Å². The van der Waals surface area contributed by atoms with Crippen LogP contribution in [0.25, 0.3) is 10.9 Å². The van der Waals surface area contributed by atoms with Gasteiger partial charge in [-0.3, -0.25) is 47.8 Å². The average Bonchev–Trinajstić information content (AvgIpc) is 4.13. The zero-order valence-corrected chi connectivity index (χ0v) is 41.8. The number of aromatic amines is 1. The standard InChI is InChI=1S/C51H64N8O13S/c1-4-11-34-23-25-58(31(2)49(66)56-40(28-45(62)63)51(68)57(3)42(48(52)65)26-33-12-6-5-7-13-33)46(34)47(64)39(27-35-29-53-38-15-9-8-14-37(35)38)55-43(60)30-54-50(67)41-16-10-24-59(41)44(61)22-19-32-17-20-36(21-18-32)72-73(69,70)71/h5-9,12-15,17-18,20-21,29,31,34,39-42,46,53H,4,10-11,16,19,22-28,30H2,1-3H3,(H2,52,65)(H,54,67)(H,55,60)(H,56,66)(H,62,63)(H,69,70,71)/t31-,34?,39-,40-,41-,42-,46+/m0/s1. The molecule has 0 bridgehead atoms. The fourth-order valence-electron chi connectivity index (χ4n) is 9.91. The predicted molar refractivity (Wildman–Crippen MR) is 267 cm³/mol. The van der Waals surface area contributed by atoms with E-state index >= 15 is 4.79 Å². The van der Waals surface area contributed by atoms with Gasteiger partial charge in [0.15, 0.2) is 5.78 Å². The van der Waals surface area contributed by atoms with Crippen molar-refractivity contribution in [1.82, 2.24) is 35.6 Å². The Labute approximate surface area is 423 Å². The first kappa shape index (κ1) is 55.1. The number of carboxylic acid groups (broad SMARTS) is 1. The van der Waals surface area contributed by atoms with Gasteiger partial charge in [0.2, 0.25) is 35.4 Å². The number of likely N-dealkylation sites (tertiary alicyclic amines) is 2. The van der Waals surface area contributed by atoms with Gasteiger partial charge in [-0.2, -0.15) is 8.42 Å². The Hall–Kier alpha value is -7.17. The fourth-order valence-corrected chi connectivity index (χ4v) is 10.3. The lowest BCUT2D eigenvalue weighted by Crippen LogP contribution is -2.59. The summed E-state index contributed by atoms with van der Waals surface area (Å²) in [6, 6.07) is 15.3. The number of rotatable bonds is 25. The maximum absolute atomic E-state index is 15.2. The maximum Gasteiger partial charge on any atom is 0.446 e. The molecule has 0 radical (unpaired) electrons. The number of hydrogen-bond donors (Lipinski definition) is 7. The third-order valence-electron chi connectivity index (χ3n) is 13.6. The van der Waals surface area contributed by atoms with E-state index in [4.69, 9.17) is 10.3 Å². The lowest BCUT2D eigenvalue weighted by Gasteiger charge is -2.35. The predicted octanol–water partition coefficient (Wildman–Crippen LogP) is 2.08. The number of aromatic nitrogens is 1. The number of fused-ring (bicyclic) bond motifs is 1. The molecule has 73 heavy (non-hydrogen) atoms. The molecule has 6 amide bonds. The van der Waals surface area contributed by atoms with Crippen molar-refractivity contribution in [3.8, 4) is 5.75 Å². The van der Waals surface area contributed by atoms with Crippen LogP contribution in [0.1, 0.15) is 75.5 Å². The molecule has 0 saturated carbocycles. The van der Waals surface area contributed by atoms with Crippen molar-refractivity contribution < 1.29 is 60.6 Å². The first-order chi connectivity index (χ1) is 34.7. The molecule has 22 heteroatoms. The number of para-hydroxylation sites is 1.